The fourth-order valence-corrected chi connectivity index (χ4v) is 2.66. The number of hydrogen-bond acceptors (Lipinski definition) is 4. The largest absolute Gasteiger partial charge is 0.496 e. The lowest BCUT2D eigenvalue weighted by molar-refractivity contribution is 0.422. The van der Waals surface area contributed by atoms with Crippen LogP contribution in [0.1, 0.15) is 19.4 Å². The molecule has 2 radical (unpaired) electrons. The van der Waals surface area contributed by atoms with E-state index >= 15 is 0 Å². The molecule has 0 spiro atoms. The molecule has 23 heavy (non-hydrogen) atoms. The SMILES string of the molecule is [B]c1ccc2onc(NCC(C)(C)c3ccccc3)c2c1OC. The fraction of sp³-hybridized carbons (Fsp3) is 0.278. The van der Waals surface area contributed by atoms with Gasteiger partial charge in [-0.25, -0.2) is 0 Å². The molecule has 0 saturated carbocycles. The molecule has 0 fully saturated rings. The summed E-state index contributed by atoms with van der Waals surface area (Å²) in [5, 5.41) is 8.26. The first kappa shape index (κ1) is 15.5. The summed E-state index contributed by atoms with van der Waals surface area (Å²) in [4.78, 5) is 0. The van der Waals surface area contributed by atoms with Crippen molar-refractivity contribution in [3.05, 3.63) is 48.0 Å². The molecule has 5 heteroatoms. The maximum absolute atomic E-state index is 5.98. The third-order valence-electron chi connectivity index (χ3n) is 4.08. The second-order valence-corrected chi connectivity index (χ2v) is 6.20. The van der Waals surface area contributed by atoms with Gasteiger partial charge in [0.25, 0.3) is 0 Å². The van der Waals surface area contributed by atoms with Gasteiger partial charge in [0, 0.05) is 12.0 Å². The Morgan fingerprint density at radius 1 is 1.17 bits per heavy atom. The number of anilines is 1. The highest BCUT2D eigenvalue weighted by Crippen LogP contribution is 2.31. The lowest BCUT2D eigenvalue weighted by Crippen LogP contribution is -2.27. The van der Waals surface area contributed by atoms with Crippen molar-refractivity contribution in [2.75, 3.05) is 19.0 Å². The van der Waals surface area contributed by atoms with Gasteiger partial charge in [0.05, 0.1) is 7.11 Å². The van der Waals surface area contributed by atoms with E-state index < -0.39 is 0 Å². The van der Waals surface area contributed by atoms with Crippen LogP contribution < -0.4 is 15.5 Å². The van der Waals surface area contributed by atoms with Gasteiger partial charge in [-0.05, 0) is 11.6 Å². The highest BCUT2D eigenvalue weighted by molar-refractivity contribution is 6.36. The molecule has 0 aliphatic carbocycles. The zero-order valence-electron chi connectivity index (χ0n) is 13.6. The minimum atomic E-state index is -0.0555. The molecule has 4 nitrogen and oxygen atoms in total. The molecule has 0 aliphatic heterocycles. The summed E-state index contributed by atoms with van der Waals surface area (Å²) in [5.74, 6) is 1.23. The number of hydrogen-bond donors (Lipinski definition) is 1. The van der Waals surface area contributed by atoms with Gasteiger partial charge in [-0.2, -0.15) is 0 Å². The molecule has 2 aromatic carbocycles. The van der Waals surface area contributed by atoms with Crippen molar-refractivity contribution in [1.29, 1.82) is 0 Å². The molecule has 0 bridgehead atoms. The molecular weight excluding hydrogens is 287 g/mol. The number of rotatable bonds is 5. The number of aromatic nitrogens is 1. The molecule has 1 aromatic heterocycles. The number of benzene rings is 2. The van der Waals surface area contributed by atoms with Crippen molar-refractivity contribution in [3.63, 3.8) is 0 Å². The average molecular weight is 306 g/mol. The smallest absolute Gasteiger partial charge is 0.181 e. The van der Waals surface area contributed by atoms with E-state index in [1.54, 1.807) is 19.2 Å². The van der Waals surface area contributed by atoms with Crippen molar-refractivity contribution >= 4 is 30.1 Å². The van der Waals surface area contributed by atoms with Crippen molar-refractivity contribution in [1.82, 2.24) is 5.16 Å². The number of nitrogens with one attached hydrogen (secondary N) is 1. The first-order valence-electron chi connectivity index (χ1n) is 7.54. The van der Waals surface area contributed by atoms with Crippen molar-refractivity contribution < 1.29 is 9.26 Å². The maximum atomic E-state index is 5.98. The molecular formula is C18H19BN2O2. The van der Waals surface area contributed by atoms with E-state index in [0.29, 0.717) is 29.2 Å². The van der Waals surface area contributed by atoms with Gasteiger partial charge in [-0.1, -0.05) is 60.9 Å². The molecule has 1 heterocycles. The van der Waals surface area contributed by atoms with E-state index in [2.05, 4.69) is 36.5 Å². The highest BCUT2D eigenvalue weighted by Gasteiger charge is 2.22. The van der Waals surface area contributed by atoms with Crippen molar-refractivity contribution in [3.8, 4) is 5.75 Å². The zero-order valence-corrected chi connectivity index (χ0v) is 13.6. The van der Waals surface area contributed by atoms with E-state index in [1.807, 2.05) is 18.2 Å². The number of methoxy groups -OCH3 is 1. The van der Waals surface area contributed by atoms with Gasteiger partial charge in [0.15, 0.2) is 11.4 Å². The Hall–Kier alpha value is -2.43. The van der Waals surface area contributed by atoms with Crippen molar-refractivity contribution in [2.24, 2.45) is 0 Å². The Morgan fingerprint density at radius 2 is 1.91 bits per heavy atom. The molecule has 0 atom stereocenters. The van der Waals surface area contributed by atoms with E-state index in [-0.39, 0.29) is 5.41 Å². The van der Waals surface area contributed by atoms with Gasteiger partial charge in [-0.15, -0.1) is 0 Å². The van der Waals surface area contributed by atoms with Crippen LogP contribution in [0.2, 0.25) is 0 Å². The third kappa shape index (κ3) is 2.91. The van der Waals surface area contributed by atoms with Crippen LogP contribution in [-0.4, -0.2) is 26.7 Å². The van der Waals surface area contributed by atoms with Gasteiger partial charge in [0.1, 0.15) is 19.0 Å². The summed E-state index contributed by atoms with van der Waals surface area (Å²) in [6.07, 6.45) is 0. The molecule has 116 valence electrons. The van der Waals surface area contributed by atoms with Crippen LogP contribution in [0, 0.1) is 0 Å². The number of nitrogens with zero attached hydrogens (tertiary/aromatic N) is 1. The first-order valence-corrected chi connectivity index (χ1v) is 7.54. The summed E-state index contributed by atoms with van der Waals surface area (Å²) in [5.41, 5.74) is 2.41. The van der Waals surface area contributed by atoms with E-state index in [4.69, 9.17) is 17.1 Å². The lowest BCUT2D eigenvalue weighted by atomic mass is 9.84. The Bertz CT molecular complexity index is 813. The third-order valence-corrected chi connectivity index (χ3v) is 4.08. The molecule has 3 aromatic rings. The Kier molecular flexibility index (Phi) is 4.03. The zero-order chi connectivity index (χ0) is 16.4. The minimum absolute atomic E-state index is 0.0555. The normalized spacial score (nSPS) is 11.6. The Balaban J connectivity index is 1.89. The van der Waals surface area contributed by atoms with E-state index in [1.165, 1.54) is 5.56 Å². The number of ether oxygens (including phenoxy) is 1. The average Bonchev–Trinajstić information content (AvgIpc) is 2.97. The van der Waals surface area contributed by atoms with Crippen molar-refractivity contribution in [2.45, 2.75) is 19.3 Å². The summed E-state index contributed by atoms with van der Waals surface area (Å²) in [7, 11) is 7.57. The molecule has 3 rings (SSSR count). The second-order valence-electron chi connectivity index (χ2n) is 6.20. The predicted molar refractivity (Wildman–Crippen MR) is 93.9 cm³/mol. The van der Waals surface area contributed by atoms with Gasteiger partial charge in [-0.3, -0.25) is 0 Å². The quantitative estimate of drug-likeness (QED) is 0.736. The Morgan fingerprint density at radius 3 is 2.61 bits per heavy atom. The molecule has 1 N–H and O–H groups in total. The van der Waals surface area contributed by atoms with Crippen LogP contribution in [0.4, 0.5) is 5.82 Å². The topological polar surface area (TPSA) is 47.3 Å². The minimum Gasteiger partial charge on any atom is -0.496 e. The molecule has 0 unspecified atom stereocenters. The molecule has 0 saturated heterocycles. The van der Waals surface area contributed by atoms with Crippen LogP contribution in [0.3, 0.4) is 0 Å². The summed E-state index contributed by atoms with van der Waals surface area (Å²) in [6.45, 7) is 5.07. The van der Waals surface area contributed by atoms with E-state index in [0.717, 1.165) is 5.39 Å². The Labute approximate surface area is 137 Å². The van der Waals surface area contributed by atoms with Crippen LogP contribution in [0.15, 0.2) is 47.0 Å². The summed E-state index contributed by atoms with van der Waals surface area (Å²) in [6, 6.07) is 13.9. The second kappa shape index (κ2) is 5.99. The molecule has 0 amide bonds. The van der Waals surface area contributed by atoms with Crippen LogP contribution in [0.5, 0.6) is 5.75 Å². The number of fused-ring (bicyclic) bond motifs is 1. The van der Waals surface area contributed by atoms with Gasteiger partial charge >= 0.3 is 0 Å². The summed E-state index contributed by atoms with van der Waals surface area (Å²) >= 11 is 0. The van der Waals surface area contributed by atoms with Crippen LogP contribution in [-0.2, 0) is 5.41 Å². The van der Waals surface area contributed by atoms with Crippen LogP contribution in [0.25, 0.3) is 11.0 Å². The highest BCUT2D eigenvalue weighted by atomic mass is 16.5. The predicted octanol–water partition coefficient (Wildman–Crippen LogP) is 3.02. The lowest BCUT2D eigenvalue weighted by Gasteiger charge is -2.25. The summed E-state index contributed by atoms with van der Waals surface area (Å²) < 4.78 is 10.8. The van der Waals surface area contributed by atoms with Gasteiger partial charge < -0.3 is 14.6 Å². The van der Waals surface area contributed by atoms with Crippen LogP contribution >= 0.6 is 0 Å². The van der Waals surface area contributed by atoms with Gasteiger partial charge in [0.2, 0.25) is 0 Å². The fourth-order valence-electron chi connectivity index (χ4n) is 2.66. The standard InChI is InChI=1S/C18H19BN2O2/c1-18(2,12-7-5-4-6-8-12)11-20-17-15-14(23-21-17)10-9-13(19)16(15)22-3/h4-10H,11H2,1-3H3,(H,20,21). The first-order chi connectivity index (χ1) is 11.0. The monoisotopic (exact) mass is 306 g/mol. The maximum Gasteiger partial charge on any atom is 0.181 e. The van der Waals surface area contributed by atoms with E-state index in [9.17, 15) is 0 Å². The molecule has 0 aliphatic rings.